The van der Waals surface area contributed by atoms with Crippen LogP contribution in [0.1, 0.15) is 24.0 Å². The van der Waals surface area contributed by atoms with E-state index in [9.17, 15) is 4.79 Å². The number of nitrogens with one attached hydrogen (secondary N) is 1. The first-order valence-corrected chi connectivity index (χ1v) is 7.28. The van der Waals surface area contributed by atoms with Crippen molar-refractivity contribution in [3.05, 3.63) is 34.3 Å². The molecule has 1 heterocycles. The van der Waals surface area contributed by atoms with Crippen LogP contribution in [0.3, 0.4) is 0 Å². The zero-order valence-corrected chi connectivity index (χ0v) is 12.2. The quantitative estimate of drug-likeness (QED) is 0.919. The Balaban J connectivity index is 1.76. The number of hydrogen-bond donors (Lipinski definition) is 1. The summed E-state index contributed by atoms with van der Waals surface area (Å²) < 4.78 is 0. The SMILES string of the molecule is Cc1cc(CCCC(=O)N2CCNCC2)ccc1Cl. The van der Waals surface area contributed by atoms with Crippen LogP contribution in [0.2, 0.25) is 5.02 Å². The zero-order valence-electron chi connectivity index (χ0n) is 11.4. The van der Waals surface area contributed by atoms with Crippen molar-refractivity contribution in [2.45, 2.75) is 26.2 Å². The molecule has 1 aliphatic heterocycles. The maximum atomic E-state index is 12.0. The van der Waals surface area contributed by atoms with Crippen LogP contribution in [0.4, 0.5) is 0 Å². The highest BCUT2D eigenvalue weighted by Gasteiger charge is 2.15. The summed E-state index contributed by atoms with van der Waals surface area (Å²) in [5.74, 6) is 0.284. The van der Waals surface area contributed by atoms with Crippen molar-refractivity contribution < 1.29 is 4.79 Å². The molecule has 0 radical (unpaired) electrons. The van der Waals surface area contributed by atoms with Crippen LogP contribution in [-0.4, -0.2) is 37.0 Å². The fraction of sp³-hybridized carbons (Fsp3) is 0.533. The van der Waals surface area contributed by atoms with E-state index in [1.165, 1.54) is 5.56 Å². The summed E-state index contributed by atoms with van der Waals surface area (Å²) in [5, 5.41) is 4.06. The molecule has 0 aromatic heterocycles. The number of rotatable bonds is 4. The monoisotopic (exact) mass is 280 g/mol. The van der Waals surface area contributed by atoms with E-state index in [0.717, 1.165) is 49.6 Å². The van der Waals surface area contributed by atoms with Gasteiger partial charge in [0.05, 0.1) is 0 Å². The Bertz CT molecular complexity index is 442. The summed E-state index contributed by atoms with van der Waals surface area (Å²) >= 11 is 6.00. The lowest BCUT2D eigenvalue weighted by Gasteiger charge is -2.27. The molecule has 1 saturated heterocycles. The lowest BCUT2D eigenvalue weighted by molar-refractivity contribution is -0.131. The van der Waals surface area contributed by atoms with Gasteiger partial charge in [0.2, 0.25) is 5.91 Å². The number of nitrogens with zero attached hydrogens (tertiary/aromatic N) is 1. The molecule has 1 aromatic carbocycles. The van der Waals surface area contributed by atoms with Crippen molar-refractivity contribution in [3.8, 4) is 0 Å². The maximum Gasteiger partial charge on any atom is 0.222 e. The molecule has 0 spiro atoms. The molecule has 0 saturated carbocycles. The molecular formula is C15H21ClN2O. The van der Waals surface area contributed by atoms with Crippen molar-refractivity contribution in [1.82, 2.24) is 10.2 Å². The molecule has 1 N–H and O–H groups in total. The first-order chi connectivity index (χ1) is 9.16. The number of amides is 1. The largest absolute Gasteiger partial charge is 0.340 e. The molecule has 0 aliphatic carbocycles. The lowest BCUT2D eigenvalue weighted by Crippen LogP contribution is -2.46. The van der Waals surface area contributed by atoms with Gasteiger partial charge in [-0.2, -0.15) is 0 Å². The Hall–Kier alpha value is -1.06. The van der Waals surface area contributed by atoms with E-state index < -0.39 is 0 Å². The summed E-state index contributed by atoms with van der Waals surface area (Å²) in [5.41, 5.74) is 2.36. The summed E-state index contributed by atoms with van der Waals surface area (Å²) in [6.07, 6.45) is 2.49. The van der Waals surface area contributed by atoms with E-state index in [2.05, 4.69) is 11.4 Å². The van der Waals surface area contributed by atoms with E-state index in [1.807, 2.05) is 24.0 Å². The molecule has 104 valence electrons. The van der Waals surface area contributed by atoms with Gasteiger partial charge in [-0.3, -0.25) is 4.79 Å². The van der Waals surface area contributed by atoms with Gasteiger partial charge >= 0.3 is 0 Å². The van der Waals surface area contributed by atoms with Crippen molar-refractivity contribution in [3.63, 3.8) is 0 Å². The minimum Gasteiger partial charge on any atom is -0.340 e. The van der Waals surface area contributed by atoms with E-state index in [0.29, 0.717) is 6.42 Å². The minimum atomic E-state index is 0.284. The second-order valence-corrected chi connectivity index (χ2v) is 5.48. The minimum absolute atomic E-state index is 0.284. The van der Waals surface area contributed by atoms with E-state index in [1.54, 1.807) is 0 Å². The van der Waals surface area contributed by atoms with Crippen LogP contribution in [0.15, 0.2) is 18.2 Å². The van der Waals surface area contributed by atoms with Crippen LogP contribution < -0.4 is 5.32 Å². The van der Waals surface area contributed by atoms with Gasteiger partial charge in [0, 0.05) is 37.6 Å². The van der Waals surface area contributed by atoms with Gasteiger partial charge in [-0.1, -0.05) is 23.7 Å². The number of piperazine rings is 1. The number of aryl methyl sites for hydroxylation is 2. The number of carbonyl (C=O) groups excluding carboxylic acids is 1. The van der Waals surface area contributed by atoms with Crippen LogP contribution in [0.25, 0.3) is 0 Å². The Morgan fingerprint density at radius 1 is 1.37 bits per heavy atom. The fourth-order valence-electron chi connectivity index (χ4n) is 2.38. The summed E-state index contributed by atoms with van der Waals surface area (Å²) in [6, 6.07) is 6.09. The Morgan fingerprint density at radius 3 is 2.79 bits per heavy atom. The van der Waals surface area contributed by atoms with Gasteiger partial charge in [0.15, 0.2) is 0 Å². The highest BCUT2D eigenvalue weighted by molar-refractivity contribution is 6.31. The van der Waals surface area contributed by atoms with Crippen molar-refractivity contribution in [2.75, 3.05) is 26.2 Å². The molecule has 2 rings (SSSR count). The smallest absolute Gasteiger partial charge is 0.222 e. The Kier molecular flexibility index (Phi) is 5.23. The molecule has 0 unspecified atom stereocenters. The maximum absolute atomic E-state index is 12.0. The van der Waals surface area contributed by atoms with Crippen molar-refractivity contribution >= 4 is 17.5 Å². The number of halogens is 1. The third-order valence-electron chi connectivity index (χ3n) is 3.55. The molecular weight excluding hydrogens is 260 g/mol. The van der Waals surface area contributed by atoms with Gasteiger partial charge in [-0.15, -0.1) is 0 Å². The van der Waals surface area contributed by atoms with E-state index in [-0.39, 0.29) is 5.91 Å². The second kappa shape index (κ2) is 6.92. The van der Waals surface area contributed by atoms with Gasteiger partial charge < -0.3 is 10.2 Å². The van der Waals surface area contributed by atoms with Crippen LogP contribution in [-0.2, 0) is 11.2 Å². The number of hydrogen-bond acceptors (Lipinski definition) is 2. The molecule has 19 heavy (non-hydrogen) atoms. The molecule has 1 aliphatic rings. The van der Waals surface area contributed by atoms with Crippen molar-refractivity contribution in [2.24, 2.45) is 0 Å². The zero-order chi connectivity index (χ0) is 13.7. The molecule has 3 nitrogen and oxygen atoms in total. The summed E-state index contributed by atoms with van der Waals surface area (Å²) in [6.45, 7) is 5.54. The summed E-state index contributed by atoms with van der Waals surface area (Å²) in [7, 11) is 0. The highest BCUT2D eigenvalue weighted by atomic mass is 35.5. The lowest BCUT2D eigenvalue weighted by atomic mass is 10.1. The molecule has 0 atom stereocenters. The molecule has 1 amide bonds. The highest BCUT2D eigenvalue weighted by Crippen LogP contribution is 2.17. The second-order valence-electron chi connectivity index (χ2n) is 5.07. The normalized spacial score (nSPS) is 15.6. The van der Waals surface area contributed by atoms with E-state index >= 15 is 0 Å². The molecule has 1 fully saturated rings. The predicted octanol–water partition coefficient (Wildman–Crippen LogP) is 2.40. The van der Waals surface area contributed by atoms with Gasteiger partial charge in [-0.05, 0) is 37.0 Å². The third kappa shape index (κ3) is 4.22. The predicted molar refractivity (Wildman–Crippen MR) is 78.6 cm³/mol. The van der Waals surface area contributed by atoms with Gasteiger partial charge in [-0.25, -0.2) is 0 Å². The van der Waals surface area contributed by atoms with Crippen LogP contribution >= 0.6 is 11.6 Å². The first kappa shape index (κ1) is 14.4. The molecule has 4 heteroatoms. The van der Waals surface area contributed by atoms with E-state index in [4.69, 9.17) is 11.6 Å². The fourth-order valence-corrected chi connectivity index (χ4v) is 2.50. The average molecular weight is 281 g/mol. The van der Waals surface area contributed by atoms with Gasteiger partial charge in [0.1, 0.15) is 0 Å². The number of benzene rings is 1. The van der Waals surface area contributed by atoms with Crippen LogP contribution in [0, 0.1) is 6.92 Å². The van der Waals surface area contributed by atoms with Gasteiger partial charge in [0.25, 0.3) is 0 Å². The molecule has 1 aromatic rings. The standard InChI is InChI=1S/C15H21ClN2O/c1-12-11-13(5-6-14(12)16)3-2-4-15(19)18-9-7-17-8-10-18/h5-6,11,17H,2-4,7-10H2,1H3. The molecule has 0 bridgehead atoms. The van der Waals surface area contributed by atoms with Crippen molar-refractivity contribution in [1.29, 1.82) is 0 Å². The third-order valence-corrected chi connectivity index (χ3v) is 3.97. The Morgan fingerprint density at radius 2 is 2.11 bits per heavy atom. The Labute approximate surface area is 119 Å². The average Bonchev–Trinajstić information content (AvgIpc) is 2.43. The topological polar surface area (TPSA) is 32.3 Å². The first-order valence-electron chi connectivity index (χ1n) is 6.90. The van der Waals surface area contributed by atoms with Crippen LogP contribution in [0.5, 0.6) is 0 Å². The number of carbonyl (C=O) groups is 1. The summed E-state index contributed by atoms with van der Waals surface area (Å²) in [4.78, 5) is 13.9.